The predicted molar refractivity (Wildman–Crippen MR) is 87.8 cm³/mol. The number of hydrogen-bond donors (Lipinski definition) is 2. The number of aromatic nitrogens is 2. The van der Waals surface area contributed by atoms with E-state index in [1.165, 1.54) is 0 Å². The lowest BCUT2D eigenvalue weighted by Crippen LogP contribution is -2.23. The molecule has 1 aliphatic carbocycles. The average Bonchev–Trinajstić information content (AvgIpc) is 2.47. The fourth-order valence-corrected chi connectivity index (χ4v) is 3.09. The van der Waals surface area contributed by atoms with Gasteiger partial charge >= 0.3 is 0 Å². The van der Waals surface area contributed by atoms with Crippen molar-refractivity contribution < 1.29 is 0 Å². The Kier molecular flexibility index (Phi) is 3.16. The summed E-state index contributed by atoms with van der Waals surface area (Å²) >= 11 is 0. The van der Waals surface area contributed by atoms with Crippen LogP contribution in [0.15, 0.2) is 42.5 Å². The van der Waals surface area contributed by atoms with Gasteiger partial charge in [-0.1, -0.05) is 50.3 Å². The number of anilines is 2. The Morgan fingerprint density at radius 3 is 2.76 bits per heavy atom. The standard InChI is InChI=1S/C17H20N4/c1-3-17(2)10-5-4-8-12(17)11-7-6-9-13-14(11)15(18)21-16(19)20-13/h4-10,12H,3H2,1-2H3,(H4,18,19,20,21). The van der Waals surface area contributed by atoms with Gasteiger partial charge in [0.15, 0.2) is 0 Å². The summed E-state index contributed by atoms with van der Waals surface area (Å²) in [5, 5.41) is 0.913. The maximum atomic E-state index is 6.12. The van der Waals surface area contributed by atoms with E-state index < -0.39 is 0 Å². The van der Waals surface area contributed by atoms with Crippen molar-refractivity contribution in [1.82, 2.24) is 9.97 Å². The first-order valence-corrected chi connectivity index (χ1v) is 7.23. The Labute approximate surface area is 124 Å². The first-order chi connectivity index (χ1) is 10.0. The van der Waals surface area contributed by atoms with E-state index in [9.17, 15) is 0 Å². The molecule has 0 radical (unpaired) electrons. The van der Waals surface area contributed by atoms with Crippen molar-refractivity contribution in [1.29, 1.82) is 0 Å². The lowest BCUT2D eigenvalue weighted by atomic mass is 9.69. The second-order valence-corrected chi connectivity index (χ2v) is 5.79. The highest BCUT2D eigenvalue weighted by atomic mass is 15.0. The summed E-state index contributed by atoms with van der Waals surface area (Å²) in [6.45, 7) is 4.48. The smallest absolute Gasteiger partial charge is 0.222 e. The molecule has 1 aliphatic rings. The van der Waals surface area contributed by atoms with E-state index in [4.69, 9.17) is 11.5 Å². The maximum Gasteiger partial charge on any atom is 0.222 e. The zero-order valence-corrected chi connectivity index (χ0v) is 12.4. The summed E-state index contributed by atoms with van der Waals surface area (Å²) in [5.74, 6) is 0.926. The van der Waals surface area contributed by atoms with Crippen molar-refractivity contribution in [3.8, 4) is 0 Å². The second-order valence-electron chi connectivity index (χ2n) is 5.79. The second kappa shape index (κ2) is 4.88. The minimum Gasteiger partial charge on any atom is -0.383 e. The Balaban J connectivity index is 2.26. The molecule has 0 amide bonds. The predicted octanol–water partition coefficient (Wildman–Crippen LogP) is 3.42. The number of nitrogens with zero attached hydrogens (tertiary/aromatic N) is 2. The summed E-state index contributed by atoms with van der Waals surface area (Å²) in [7, 11) is 0. The van der Waals surface area contributed by atoms with Gasteiger partial charge in [-0.3, -0.25) is 0 Å². The van der Waals surface area contributed by atoms with Crippen molar-refractivity contribution in [3.05, 3.63) is 48.1 Å². The van der Waals surface area contributed by atoms with E-state index in [2.05, 4.69) is 54.2 Å². The van der Waals surface area contributed by atoms with Gasteiger partial charge in [0.1, 0.15) is 5.82 Å². The molecule has 0 bridgehead atoms. The zero-order valence-electron chi connectivity index (χ0n) is 12.4. The molecule has 0 fully saturated rings. The van der Waals surface area contributed by atoms with Gasteiger partial charge in [0.05, 0.1) is 5.52 Å². The van der Waals surface area contributed by atoms with Gasteiger partial charge in [-0.05, 0) is 23.5 Å². The SMILES string of the molecule is CCC1(C)C=CC=CC1c1cccc2nc(N)nc(N)c12. The first-order valence-electron chi connectivity index (χ1n) is 7.23. The molecule has 4 heteroatoms. The summed E-state index contributed by atoms with van der Waals surface area (Å²) < 4.78 is 0. The Morgan fingerprint density at radius 2 is 2.00 bits per heavy atom. The molecule has 2 aromatic rings. The van der Waals surface area contributed by atoms with Crippen LogP contribution in [-0.4, -0.2) is 9.97 Å². The Morgan fingerprint density at radius 1 is 1.19 bits per heavy atom. The van der Waals surface area contributed by atoms with Crippen LogP contribution in [-0.2, 0) is 0 Å². The van der Waals surface area contributed by atoms with Crippen molar-refractivity contribution in [2.45, 2.75) is 26.2 Å². The van der Waals surface area contributed by atoms with Gasteiger partial charge in [0.2, 0.25) is 5.95 Å². The summed E-state index contributed by atoms with van der Waals surface area (Å²) in [4.78, 5) is 8.44. The molecule has 21 heavy (non-hydrogen) atoms. The zero-order chi connectivity index (χ0) is 15.0. The van der Waals surface area contributed by atoms with Gasteiger partial charge in [0.25, 0.3) is 0 Å². The molecule has 1 heterocycles. The number of benzene rings is 1. The third kappa shape index (κ3) is 2.17. The number of nitrogens with two attached hydrogens (primary N) is 2. The van der Waals surface area contributed by atoms with E-state index in [1.807, 2.05) is 12.1 Å². The Bertz CT molecular complexity index is 748. The lowest BCUT2D eigenvalue weighted by molar-refractivity contribution is 0.364. The van der Waals surface area contributed by atoms with Crippen LogP contribution in [0.5, 0.6) is 0 Å². The van der Waals surface area contributed by atoms with Crippen LogP contribution in [0.1, 0.15) is 31.7 Å². The molecular weight excluding hydrogens is 260 g/mol. The fourth-order valence-electron chi connectivity index (χ4n) is 3.09. The average molecular weight is 280 g/mol. The van der Waals surface area contributed by atoms with E-state index in [-0.39, 0.29) is 17.3 Å². The summed E-state index contributed by atoms with van der Waals surface area (Å²) in [6, 6.07) is 6.05. The quantitative estimate of drug-likeness (QED) is 0.883. The van der Waals surface area contributed by atoms with Crippen LogP contribution in [0.25, 0.3) is 10.9 Å². The topological polar surface area (TPSA) is 77.8 Å². The summed E-state index contributed by atoms with van der Waals surface area (Å²) in [5.41, 5.74) is 13.9. The van der Waals surface area contributed by atoms with Gasteiger partial charge in [-0.15, -0.1) is 0 Å². The first kappa shape index (κ1) is 13.6. The number of nitrogen functional groups attached to an aromatic ring is 2. The molecule has 0 saturated carbocycles. The lowest BCUT2D eigenvalue weighted by Gasteiger charge is -2.35. The fraction of sp³-hybridized carbons (Fsp3) is 0.294. The van der Waals surface area contributed by atoms with Crippen LogP contribution in [0, 0.1) is 5.41 Å². The number of allylic oxidation sites excluding steroid dienone is 4. The molecule has 4 nitrogen and oxygen atoms in total. The van der Waals surface area contributed by atoms with Gasteiger partial charge in [-0.2, -0.15) is 4.98 Å². The molecule has 3 rings (SSSR count). The van der Waals surface area contributed by atoms with E-state index in [1.54, 1.807) is 0 Å². The molecule has 2 unspecified atom stereocenters. The van der Waals surface area contributed by atoms with Gasteiger partial charge in [-0.25, -0.2) is 4.98 Å². The highest BCUT2D eigenvalue weighted by Gasteiger charge is 2.32. The van der Waals surface area contributed by atoms with E-state index in [0.29, 0.717) is 5.82 Å². The molecule has 0 spiro atoms. The largest absolute Gasteiger partial charge is 0.383 e. The molecule has 0 aliphatic heterocycles. The monoisotopic (exact) mass is 280 g/mol. The van der Waals surface area contributed by atoms with Crippen molar-refractivity contribution in [2.24, 2.45) is 5.41 Å². The highest BCUT2D eigenvalue weighted by Crippen LogP contribution is 2.45. The summed E-state index contributed by atoms with van der Waals surface area (Å²) in [6.07, 6.45) is 9.75. The van der Waals surface area contributed by atoms with Gasteiger partial charge < -0.3 is 11.5 Å². The molecule has 1 aromatic carbocycles. The van der Waals surface area contributed by atoms with E-state index >= 15 is 0 Å². The molecule has 0 saturated heterocycles. The number of hydrogen-bond acceptors (Lipinski definition) is 4. The number of fused-ring (bicyclic) bond motifs is 1. The van der Waals surface area contributed by atoms with Gasteiger partial charge in [0, 0.05) is 11.3 Å². The third-order valence-electron chi connectivity index (χ3n) is 4.50. The highest BCUT2D eigenvalue weighted by molar-refractivity contribution is 5.92. The van der Waals surface area contributed by atoms with Crippen LogP contribution in [0.4, 0.5) is 11.8 Å². The molecule has 1 aromatic heterocycles. The van der Waals surface area contributed by atoms with E-state index in [0.717, 1.165) is 22.9 Å². The normalized spacial score (nSPS) is 24.6. The van der Waals surface area contributed by atoms with Crippen molar-refractivity contribution in [2.75, 3.05) is 11.5 Å². The van der Waals surface area contributed by atoms with Crippen molar-refractivity contribution in [3.63, 3.8) is 0 Å². The van der Waals surface area contributed by atoms with Crippen LogP contribution in [0.3, 0.4) is 0 Å². The van der Waals surface area contributed by atoms with Crippen LogP contribution >= 0.6 is 0 Å². The third-order valence-corrected chi connectivity index (χ3v) is 4.50. The minimum absolute atomic E-state index is 0.0663. The van der Waals surface area contributed by atoms with Crippen molar-refractivity contribution >= 4 is 22.7 Å². The van der Waals surface area contributed by atoms with Crippen LogP contribution < -0.4 is 11.5 Å². The molecule has 2 atom stereocenters. The molecule has 4 N–H and O–H groups in total. The minimum atomic E-state index is 0.0663. The van der Waals surface area contributed by atoms with Crippen LogP contribution in [0.2, 0.25) is 0 Å². The number of rotatable bonds is 2. The maximum absolute atomic E-state index is 6.12. The molecular formula is C17H20N4. The Hall–Kier alpha value is -2.36. The molecule has 108 valence electrons.